The van der Waals surface area contributed by atoms with Crippen molar-refractivity contribution in [3.05, 3.63) is 53.9 Å². The van der Waals surface area contributed by atoms with Gasteiger partial charge in [0.25, 0.3) is 0 Å². The van der Waals surface area contributed by atoms with E-state index < -0.39 is 17.2 Å². The van der Waals surface area contributed by atoms with Crippen LogP contribution in [-0.2, 0) is 4.79 Å². The second-order valence-electron chi connectivity index (χ2n) is 7.28. The van der Waals surface area contributed by atoms with Crippen LogP contribution < -0.4 is 11.1 Å². The van der Waals surface area contributed by atoms with Crippen LogP contribution in [0.4, 0.5) is 4.79 Å². The number of hydrogen-bond donors (Lipinski definition) is 2. The lowest BCUT2D eigenvalue weighted by atomic mass is 10.1. The van der Waals surface area contributed by atoms with E-state index in [1.807, 2.05) is 56.5 Å². The molecule has 2 heterocycles. The number of aryl methyl sites for hydroxylation is 2. The quantitative estimate of drug-likeness (QED) is 0.587. The largest absolute Gasteiger partial charge is 0.351 e. The monoisotopic (exact) mass is 424 g/mol. The summed E-state index contributed by atoms with van der Waals surface area (Å²) < 4.78 is 1.92. The van der Waals surface area contributed by atoms with Gasteiger partial charge in [-0.1, -0.05) is 31.7 Å². The van der Waals surface area contributed by atoms with Crippen LogP contribution in [0.5, 0.6) is 0 Å². The Labute approximate surface area is 179 Å². The van der Waals surface area contributed by atoms with Crippen LogP contribution in [0.25, 0.3) is 17.1 Å². The number of nitrogens with two attached hydrogens (primary N) is 1. The van der Waals surface area contributed by atoms with Gasteiger partial charge in [0, 0.05) is 18.0 Å². The summed E-state index contributed by atoms with van der Waals surface area (Å²) in [6.45, 7) is 7.89. The lowest BCUT2D eigenvalue weighted by molar-refractivity contribution is -0.120. The second-order valence-corrected chi connectivity index (χ2v) is 8.39. The summed E-state index contributed by atoms with van der Waals surface area (Å²) in [6.07, 6.45) is 3.39. The lowest BCUT2D eigenvalue weighted by Crippen LogP contribution is -2.42. The van der Waals surface area contributed by atoms with E-state index in [-0.39, 0.29) is 5.92 Å². The molecule has 0 radical (unpaired) electrons. The van der Waals surface area contributed by atoms with E-state index in [9.17, 15) is 9.59 Å². The van der Waals surface area contributed by atoms with Crippen molar-refractivity contribution in [1.82, 2.24) is 25.1 Å². The van der Waals surface area contributed by atoms with Gasteiger partial charge in [0.2, 0.25) is 5.91 Å². The molecule has 8 nitrogen and oxygen atoms in total. The normalized spacial score (nSPS) is 12.0. The van der Waals surface area contributed by atoms with Crippen molar-refractivity contribution in [2.75, 3.05) is 0 Å². The van der Waals surface area contributed by atoms with E-state index in [4.69, 9.17) is 5.73 Å². The van der Waals surface area contributed by atoms with E-state index in [1.165, 1.54) is 17.3 Å². The molecular formula is C21H24N6O2S. The molecule has 30 heavy (non-hydrogen) atoms. The summed E-state index contributed by atoms with van der Waals surface area (Å²) in [5.41, 5.74) is 9.18. The first-order valence-corrected chi connectivity index (χ1v) is 10.4. The number of imide groups is 1. The number of amides is 3. The Morgan fingerprint density at radius 3 is 2.37 bits per heavy atom. The van der Waals surface area contributed by atoms with E-state index >= 15 is 0 Å². The van der Waals surface area contributed by atoms with Crippen LogP contribution in [-0.4, -0.2) is 36.9 Å². The second kappa shape index (κ2) is 9.08. The molecule has 0 saturated heterocycles. The zero-order chi connectivity index (χ0) is 21.8. The molecule has 0 aliphatic carbocycles. The molecule has 0 bridgehead atoms. The number of rotatable bonds is 6. The standard InChI is InChI=1S/C21H24N6O2S/c1-12(2)17(19(28)24-20(22)29)30-21-26-25-18(15-7-9-23-10-8-15)27(21)16-6-5-13(3)14(4)11-16/h5-12,17H,1-4H3,(H3,22,24,28,29). The predicted octanol–water partition coefficient (Wildman–Crippen LogP) is 3.26. The van der Waals surface area contributed by atoms with Crippen LogP contribution in [0.3, 0.4) is 0 Å². The number of nitrogens with zero attached hydrogens (tertiary/aromatic N) is 4. The molecule has 0 fully saturated rings. The van der Waals surface area contributed by atoms with Gasteiger partial charge < -0.3 is 5.73 Å². The molecule has 3 aromatic rings. The Morgan fingerprint density at radius 1 is 1.07 bits per heavy atom. The highest BCUT2D eigenvalue weighted by Crippen LogP contribution is 2.33. The maximum Gasteiger partial charge on any atom is 0.318 e. The first kappa shape index (κ1) is 21.5. The van der Waals surface area contributed by atoms with Crippen LogP contribution >= 0.6 is 11.8 Å². The van der Waals surface area contributed by atoms with Crippen molar-refractivity contribution in [3.63, 3.8) is 0 Å². The Kier molecular flexibility index (Phi) is 6.51. The summed E-state index contributed by atoms with van der Waals surface area (Å²) in [5, 5.41) is 10.9. The maximum atomic E-state index is 12.5. The Morgan fingerprint density at radius 2 is 1.77 bits per heavy atom. The summed E-state index contributed by atoms with van der Waals surface area (Å²) in [5.74, 6) is 0.118. The number of benzene rings is 1. The minimum atomic E-state index is -0.876. The first-order valence-electron chi connectivity index (χ1n) is 9.48. The number of thioether (sulfide) groups is 1. The number of primary amides is 1. The molecule has 3 N–H and O–H groups in total. The molecule has 1 unspecified atom stereocenters. The van der Waals surface area contributed by atoms with Gasteiger partial charge in [-0.2, -0.15) is 0 Å². The van der Waals surface area contributed by atoms with E-state index in [2.05, 4.69) is 26.6 Å². The van der Waals surface area contributed by atoms with Gasteiger partial charge in [-0.3, -0.25) is 19.7 Å². The van der Waals surface area contributed by atoms with Gasteiger partial charge in [0.15, 0.2) is 11.0 Å². The Hall–Kier alpha value is -3.20. The highest BCUT2D eigenvalue weighted by molar-refractivity contribution is 8.00. The maximum absolute atomic E-state index is 12.5. The van der Waals surface area contributed by atoms with Crippen molar-refractivity contribution in [2.24, 2.45) is 11.7 Å². The van der Waals surface area contributed by atoms with Crippen LogP contribution in [0, 0.1) is 19.8 Å². The van der Waals surface area contributed by atoms with E-state index in [0.717, 1.165) is 16.8 Å². The van der Waals surface area contributed by atoms with Crippen molar-refractivity contribution < 1.29 is 9.59 Å². The SMILES string of the molecule is Cc1ccc(-n2c(SC(C(=O)NC(N)=O)C(C)C)nnc2-c2ccncc2)cc1C. The Bertz CT molecular complexity index is 1060. The third kappa shape index (κ3) is 4.68. The van der Waals surface area contributed by atoms with Gasteiger partial charge in [0.05, 0.1) is 10.9 Å². The summed E-state index contributed by atoms with van der Waals surface area (Å²) in [6, 6.07) is 8.93. The fourth-order valence-electron chi connectivity index (χ4n) is 2.93. The molecule has 9 heteroatoms. The fourth-order valence-corrected chi connectivity index (χ4v) is 3.98. The molecule has 1 atom stereocenters. The zero-order valence-corrected chi connectivity index (χ0v) is 18.1. The summed E-state index contributed by atoms with van der Waals surface area (Å²) >= 11 is 1.25. The number of carbonyl (C=O) groups excluding carboxylic acids is 2. The highest BCUT2D eigenvalue weighted by atomic mass is 32.2. The zero-order valence-electron chi connectivity index (χ0n) is 17.3. The molecular weight excluding hydrogens is 400 g/mol. The molecule has 0 spiro atoms. The van der Waals surface area contributed by atoms with Crippen LogP contribution in [0.15, 0.2) is 47.9 Å². The average molecular weight is 425 g/mol. The molecule has 0 aliphatic rings. The molecule has 3 rings (SSSR count). The number of carbonyl (C=O) groups is 2. The lowest BCUT2D eigenvalue weighted by Gasteiger charge is -2.19. The average Bonchev–Trinajstić information content (AvgIpc) is 3.11. The number of urea groups is 1. The van der Waals surface area contributed by atoms with Crippen molar-refractivity contribution in [3.8, 4) is 17.1 Å². The molecule has 0 aliphatic heterocycles. The van der Waals surface area contributed by atoms with Crippen molar-refractivity contribution in [1.29, 1.82) is 0 Å². The number of aromatic nitrogens is 4. The van der Waals surface area contributed by atoms with E-state index in [0.29, 0.717) is 11.0 Å². The fraction of sp³-hybridized carbons (Fsp3) is 0.286. The number of pyridine rings is 1. The molecule has 3 amide bonds. The summed E-state index contributed by atoms with van der Waals surface area (Å²) in [7, 11) is 0. The van der Waals surface area contributed by atoms with Crippen molar-refractivity contribution >= 4 is 23.7 Å². The minimum absolute atomic E-state index is 0.0661. The topological polar surface area (TPSA) is 116 Å². The van der Waals surface area contributed by atoms with Crippen LogP contribution in [0.1, 0.15) is 25.0 Å². The number of nitrogens with one attached hydrogen (secondary N) is 1. The van der Waals surface area contributed by atoms with Gasteiger partial charge in [0.1, 0.15) is 0 Å². The summed E-state index contributed by atoms with van der Waals surface area (Å²) in [4.78, 5) is 27.8. The molecule has 0 saturated carbocycles. The van der Waals surface area contributed by atoms with Gasteiger partial charge in [-0.25, -0.2) is 4.79 Å². The smallest absolute Gasteiger partial charge is 0.318 e. The minimum Gasteiger partial charge on any atom is -0.351 e. The molecule has 1 aromatic carbocycles. The van der Waals surface area contributed by atoms with E-state index in [1.54, 1.807) is 12.4 Å². The Balaban J connectivity index is 2.10. The van der Waals surface area contributed by atoms with Gasteiger partial charge in [-0.15, -0.1) is 10.2 Å². The molecule has 156 valence electrons. The highest BCUT2D eigenvalue weighted by Gasteiger charge is 2.28. The molecule has 2 aromatic heterocycles. The predicted molar refractivity (Wildman–Crippen MR) is 116 cm³/mol. The van der Waals surface area contributed by atoms with Crippen molar-refractivity contribution in [2.45, 2.75) is 38.1 Å². The first-order chi connectivity index (χ1) is 14.3. The third-order valence-electron chi connectivity index (χ3n) is 4.66. The number of hydrogen-bond acceptors (Lipinski definition) is 6. The third-order valence-corrected chi connectivity index (χ3v) is 6.15. The van der Waals surface area contributed by atoms with Gasteiger partial charge in [-0.05, 0) is 55.2 Å². The van der Waals surface area contributed by atoms with Crippen LogP contribution in [0.2, 0.25) is 0 Å². The van der Waals surface area contributed by atoms with Gasteiger partial charge >= 0.3 is 6.03 Å².